The van der Waals surface area contributed by atoms with Gasteiger partial charge in [-0.25, -0.2) is 19.7 Å². The predicted octanol–water partition coefficient (Wildman–Crippen LogP) is 2.68. The van der Waals surface area contributed by atoms with E-state index in [-0.39, 0.29) is 5.56 Å². The van der Waals surface area contributed by atoms with Crippen molar-refractivity contribution in [3.63, 3.8) is 0 Å². The van der Waals surface area contributed by atoms with Crippen molar-refractivity contribution in [1.29, 1.82) is 0 Å². The number of nitrogens with zero attached hydrogens (tertiary/aromatic N) is 4. The molecule has 2 heterocycles. The third kappa shape index (κ3) is 2.51. The molecule has 22 heavy (non-hydrogen) atoms. The zero-order valence-electron chi connectivity index (χ0n) is 11.8. The minimum Gasteiger partial charge on any atom is -0.478 e. The predicted molar refractivity (Wildman–Crippen MR) is 80.6 cm³/mol. The van der Waals surface area contributed by atoms with Crippen molar-refractivity contribution in [2.24, 2.45) is 0 Å². The molecular weight excluding hydrogens is 282 g/mol. The number of anilines is 3. The first kappa shape index (κ1) is 13.7. The minimum absolute atomic E-state index is 0.195. The number of benzene rings is 1. The van der Waals surface area contributed by atoms with Crippen LogP contribution in [0.25, 0.3) is 0 Å². The highest BCUT2D eigenvalue weighted by Gasteiger charge is 2.19. The quantitative estimate of drug-likeness (QED) is 0.768. The summed E-state index contributed by atoms with van der Waals surface area (Å²) in [6.07, 6.45) is 6.43. The molecule has 2 aromatic heterocycles. The fourth-order valence-corrected chi connectivity index (χ4v) is 2.11. The second-order valence-corrected chi connectivity index (χ2v) is 4.63. The molecule has 0 aliphatic carbocycles. The van der Waals surface area contributed by atoms with Crippen LogP contribution in [-0.2, 0) is 0 Å². The van der Waals surface area contributed by atoms with Crippen LogP contribution in [0, 0.1) is 6.92 Å². The van der Waals surface area contributed by atoms with Crippen molar-refractivity contribution < 1.29 is 9.90 Å². The topological polar surface area (TPSA) is 95.0 Å². The van der Waals surface area contributed by atoms with Gasteiger partial charge < -0.3 is 10.1 Å². The van der Waals surface area contributed by atoms with E-state index in [1.54, 1.807) is 54.1 Å². The first-order chi connectivity index (χ1) is 10.7. The summed E-state index contributed by atoms with van der Waals surface area (Å²) in [5.41, 5.74) is 1.77. The number of carboxylic acids is 1. The van der Waals surface area contributed by atoms with Gasteiger partial charge in [-0.3, -0.25) is 4.90 Å². The largest absolute Gasteiger partial charge is 0.478 e. The van der Waals surface area contributed by atoms with E-state index in [0.717, 1.165) is 5.56 Å². The van der Waals surface area contributed by atoms with Crippen molar-refractivity contribution in [3.05, 3.63) is 60.3 Å². The fourth-order valence-electron chi connectivity index (χ4n) is 2.11. The number of H-pyrrole nitrogens is 1. The van der Waals surface area contributed by atoms with E-state index < -0.39 is 5.97 Å². The summed E-state index contributed by atoms with van der Waals surface area (Å²) >= 11 is 0. The van der Waals surface area contributed by atoms with Gasteiger partial charge in [-0.1, -0.05) is 6.07 Å². The van der Waals surface area contributed by atoms with Crippen molar-refractivity contribution in [2.45, 2.75) is 6.92 Å². The van der Waals surface area contributed by atoms with Gasteiger partial charge in [0.2, 0.25) is 5.95 Å². The molecule has 0 amide bonds. The molecule has 110 valence electrons. The Morgan fingerprint density at radius 1 is 1.27 bits per heavy atom. The lowest BCUT2D eigenvalue weighted by Gasteiger charge is -2.22. The van der Waals surface area contributed by atoms with Crippen molar-refractivity contribution in [2.75, 3.05) is 4.90 Å². The zero-order valence-corrected chi connectivity index (χ0v) is 11.8. The lowest BCUT2D eigenvalue weighted by molar-refractivity contribution is 0.0697. The van der Waals surface area contributed by atoms with Gasteiger partial charge in [0.25, 0.3) is 0 Å². The van der Waals surface area contributed by atoms with E-state index in [4.69, 9.17) is 0 Å². The SMILES string of the molecule is Cc1ccc(C(=O)O)cc1N(c1ncccn1)c1cnc[nH]1. The number of hydrogen-bond acceptors (Lipinski definition) is 5. The van der Waals surface area contributed by atoms with Gasteiger partial charge in [-0.05, 0) is 30.7 Å². The molecule has 7 heteroatoms. The molecule has 0 saturated heterocycles. The summed E-state index contributed by atoms with van der Waals surface area (Å²) in [7, 11) is 0. The van der Waals surface area contributed by atoms with Gasteiger partial charge in [0, 0.05) is 12.4 Å². The molecule has 0 bridgehead atoms. The van der Waals surface area contributed by atoms with E-state index in [0.29, 0.717) is 17.5 Å². The first-order valence-electron chi connectivity index (χ1n) is 6.56. The number of hydrogen-bond donors (Lipinski definition) is 2. The molecule has 0 unspecified atom stereocenters. The fraction of sp³-hybridized carbons (Fsp3) is 0.0667. The van der Waals surface area contributed by atoms with Crippen molar-refractivity contribution in [1.82, 2.24) is 19.9 Å². The van der Waals surface area contributed by atoms with Gasteiger partial charge >= 0.3 is 5.97 Å². The van der Waals surface area contributed by atoms with Gasteiger partial charge in [0.1, 0.15) is 5.82 Å². The van der Waals surface area contributed by atoms with Crippen LogP contribution in [-0.4, -0.2) is 31.0 Å². The highest BCUT2D eigenvalue weighted by Crippen LogP contribution is 2.33. The Balaban J connectivity index is 2.19. The molecule has 0 aliphatic rings. The zero-order chi connectivity index (χ0) is 15.5. The van der Waals surface area contributed by atoms with Crippen LogP contribution < -0.4 is 4.90 Å². The number of carboxylic acid groups (broad SMARTS) is 1. The summed E-state index contributed by atoms with van der Waals surface area (Å²) < 4.78 is 0. The van der Waals surface area contributed by atoms with E-state index in [1.807, 2.05) is 6.92 Å². The molecule has 0 spiro atoms. The Morgan fingerprint density at radius 2 is 2.05 bits per heavy atom. The van der Waals surface area contributed by atoms with Crippen LogP contribution in [0.3, 0.4) is 0 Å². The number of rotatable bonds is 4. The monoisotopic (exact) mass is 295 g/mol. The Labute approximate surface area is 126 Å². The number of aryl methyl sites for hydroxylation is 1. The Morgan fingerprint density at radius 3 is 2.68 bits per heavy atom. The normalized spacial score (nSPS) is 10.4. The van der Waals surface area contributed by atoms with E-state index in [1.165, 1.54) is 0 Å². The molecule has 7 nitrogen and oxygen atoms in total. The maximum atomic E-state index is 11.2. The van der Waals surface area contributed by atoms with Crippen LogP contribution in [0.4, 0.5) is 17.5 Å². The molecular formula is C15H13N5O2. The maximum Gasteiger partial charge on any atom is 0.335 e. The van der Waals surface area contributed by atoms with Gasteiger partial charge in [0.05, 0.1) is 23.8 Å². The summed E-state index contributed by atoms with van der Waals surface area (Å²) in [4.78, 5) is 28.5. The highest BCUT2D eigenvalue weighted by molar-refractivity contribution is 5.90. The van der Waals surface area contributed by atoms with Crippen molar-refractivity contribution in [3.8, 4) is 0 Å². The number of aromatic amines is 1. The lowest BCUT2D eigenvalue weighted by atomic mass is 10.1. The van der Waals surface area contributed by atoms with Crippen LogP contribution >= 0.6 is 0 Å². The summed E-state index contributed by atoms with van der Waals surface area (Å²) in [5, 5.41) is 9.21. The second-order valence-electron chi connectivity index (χ2n) is 4.63. The second kappa shape index (κ2) is 5.65. The Bertz CT molecular complexity index is 787. The molecule has 3 rings (SSSR count). The number of imidazole rings is 1. The number of carbonyl (C=O) groups is 1. The highest BCUT2D eigenvalue weighted by atomic mass is 16.4. The number of aromatic nitrogens is 4. The molecule has 3 aromatic rings. The molecule has 2 N–H and O–H groups in total. The standard InChI is InChI=1S/C15H13N5O2/c1-10-3-4-11(14(21)22)7-12(10)20(13-8-16-9-19-13)15-17-5-2-6-18-15/h2-9H,1H3,(H,16,19)(H,21,22). The van der Waals surface area contributed by atoms with Crippen LogP contribution in [0.2, 0.25) is 0 Å². The lowest BCUT2D eigenvalue weighted by Crippen LogP contribution is -2.15. The number of aromatic carboxylic acids is 1. The molecule has 0 saturated carbocycles. The minimum atomic E-state index is -0.986. The summed E-state index contributed by atoms with van der Waals surface area (Å²) in [5.74, 6) is 0.0917. The average molecular weight is 295 g/mol. The van der Waals surface area contributed by atoms with Crippen LogP contribution in [0.5, 0.6) is 0 Å². The molecule has 0 aliphatic heterocycles. The Kier molecular flexibility index (Phi) is 3.53. The molecule has 0 radical (unpaired) electrons. The molecule has 1 aromatic carbocycles. The van der Waals surface area contributed by atoms with E-state index >= 15 is 0 Å². The Hall–Kier alpha value is -3.22. The van der Waals surface area contributed by atoms with E-state index in [2.05, 4.69) is 19.9 Å². The summed E-state index contributed by atoms with van der Waals surface area (Å²) in [6, 6.07) is 6.63. The average Bonchev–Trinajstić information content (AvgIpc) is 3.04. The molecule has 0 fully saturated rings. The van der Waals surface area contributed by atoms with Crippen LogP contribution in [0.1, 0.15) is 15.9 Å². The molecule has 0 atom stereocenters. The third-order valence-electron chi connectivity index (χ3n) is 3.17. The van der Waals surface area contributed by atoms with Crippen LogP contribution in [0.15, 0.2) is 49.2 Å². The summed E-state index contributed by atoms with van der Waals surface area (Å²) in [6.45, 7) is 1.90. The van der Waals surface area contributed by atoms with Crippen molar-refractivity contribution >= 4 is 23.4 Å². The van der Waals surface area contributed by atoms with Gasteiger partial charge in [-0.15, -0.1) is 0 Å². The van der Waals surface area contributed by atoms with Gasteiger partial charge in [0.15, 0.2) is 0 Å². The number of nitrogens with one attached hydrogen (secondary N) is 1. The maximum absolute atomic E-state index is 11.2. The third-order valence-corrected chi connectivity index (χ3v) is 3.17. The van der Waals surface area contributed by atoms with Gasteiger partial charge in [-0.2, -0.15) is 0 Å². The smallest absolute Gasteiger partial charge is 0.335 e. The van der Waals surface area contributed by atoms with E-state index in [9.17, 15) is 9.90 Å². The first-order valence-corrected chi connectivity index (χ1v) is 6.56.